The number of nitro benzene ring substituents is 1. The van der Waals surface area contributed by atoms with E-state index in [1.165, 1.54) is 36.3 Å². The number of benzene rings is 2. The molecule has 0 bridgehead atoms. The van der Waals surface area contributed by atoms with E-state index in [9.17, 15) is 14.9 Å². The van der Waals surface area contributed by atoms with Gasteiger partial charge in [0.25, 0.3) is 11.6 Å². The van der Waals surface area contributed by atoms with Crippen molar-refractivity contribution in [3.63, 3.8) is 0 Å². The first-order valence-electron chi connectivity index (χ1n) is 7.86. The number of anilines is 1. The van der Waals surface area contributed by atoms with Crippen LogP contribution in [0.25, 0.3) is 11.3 Å². The number of thiazole rings is 1. The molecule has 0 aliphatic rings. The van der Waals surface area contributed by atoms with E-state index in [4.69, 9.17) is 16.3 Å². The van der Waals surface area contributed by atoms with Crippen molar-refractivity contribution >= 4 is 51.4 Å². The van der Waals surface area contributed by atoms with Gasteiger partial charge >= 0.3 is 0 Å². The van der Waals surface area contributed by atoms with Crippen LogP contribution < -0.4 is 10.1 Å². The molecular weight excluding hydrogens is 422 g/mol. The zero-order valence-electron chi connectivity index (χ0n) is 14.8. The molecule has 0 atom stereocenters. The highest BCUT2D eigenvalue weighted by atomic mass is 35.5. The SMILES string of the molecule is COc1ccc(-c2csc(NC(=O)c3ccc(SC)c([N+](=O)[O-])c3)n2)cc1Cl. The molecule has 0 radical (unpaired) electrons. The van der Waals surface area contributed by atoms with Crippen LogP contribution in [-0.2, 0) is 0 Å². The first-order chi connectivity index (χ1) is 13.4. The van der Waals surface area contributed by atoms with Crippen LogP contribution >= 0.6 is 34.7 Å². The normalized spacial score (nSPS) is 10.5. The highest BCUT2D eigenvalue weighted by Crippen LogP contribution is 2.32. The summed E-state index contributed by atoms with van der Waals surface area (Å²) in [4.78, 5) is 28.0. The van der Waals surface area contributed by atoms with Gasteiger partial charge in [-0.3, -0.25) is 20.2 Å². The molecule has 28 heavy (non-hydrogen) atoms. The number of halogens is 1. The lowest BCUT2D eigenvalue weighted by Gasteiger charge is -2.05. The number of carbonyl (C=O) groups is 1. The van der Waals surface area contributed by atoms with Crippen molar-refractivity contribution in [1.29, 1.82) is 0 Å². The quantitative estimate of drug-likeness (QED) is 0.318. The van der Waals surface area contributed by atoms with E-state index in [1.54, 1.807) is 35.9 Å². The van der Waals surface area contributed by atoms with Crippen molar-refractivity contribution in [3.05, 3.63) is 62.5 Å². The molecule has 3 aromatic rings. The molecule has 0 aliphatic heterocycles. The lowest BCUT2D eigenvalue weighted by molar-refractivity contribution is -0.387. The Hall–Kier alpha value is -2.62. The number of hydrogen-bond acceptors (Lipinski definition) is 7. The third-order valence-electron chi connectivity index (χ3n) is 3.81. The molecule has 144 valence electrons. The van der Waals surface area contributed by atoms with Gasteiger partial charge in [-0.25, -0.2) is 4.98 Å². The molecule has 0 fully saturated rings. The van der Waals surface area contributed by atoms with Crippen molar-refractivity contribution in [1.82, 2.24) is 4.98 Å². The van der Waals surface area contributed by atoms with Gasteiger partial charge < -0.3 is 4.74 Å². The fraction of sp³-hybridized carbons (Fsp3) is 0.111. The summed E-state index contributed by atoms with van der Waals surface area (Å²) in [5.41, 5.74) is 1.51. The number of aromatic nitrogens is 1. The van der Waals surface area contributed by atoms with Crippen LogP contribution in [0.5, 0.6) is 5.75 Å². The summed E-state index contributed by atoms with van der Waals surface area (Å²) in [7, 11) is 1.54. The van der Waals surface area contributed by atoms with E-state index in [-0.39, 0.29) is 11.3 Å². The molecule has 3 rings (SSSR count). The van der Waals surface area contributed by atoms with Crippen LogP contribution in [-0.4, -0.2) is 29.2 Å². The molecule has 0 saturated heterocycles. The zero-order valence-corrected chi connectivity index (χ0v) is 17.2. The fourth-order valence-corrected chi connectivity index (χ4v) is 3.95. The maximum atomic E-state index is 12.5. The minimum Gasteiger partial charge on any atom is -0.495 e. The predicted octanol–water partition coefficient (Wildman–Crippen LogP) is 5.35. The van der Waals surface area contributed by atoms with Crippen molar-refractivity contribution < 1.29 is 14.5 Å². The van der Waals surface area contributed by atoms with Crippen LogP contribution in [0.2, 0.25) is 5.02 Å². The van der Waals surface area contributed by atoms with Gasteiger partial charge in [0.2, 0.25) is 0 Å². The molecule has 1 aromatic heterocycles. The summed E-state index contributed by atoms with van der Waals surface area (Å²) in [5, 5.41) is 16.5. The van der Waals surface area contributed by atoms with Crippen LogP contribution in [0, 0.1) is 10.1 Å². The number of hydrogen-bond donors (Lipinski definition) is 1. The number of amides is 1. The minimum absolute atomic E-state index is 0.104. The maximum absolute atomic E-state index is 12.5. The van der Waals surface area contributed by atoms with E-state index in [1.807, 2.05) is 6.07 Å². The molecule has 0 unspecified atom stereocenters. The maximum Gasteiger partial charge on any atom is 0.283 e. The van der Waals surface area contributed by atoms with Gasteiger partial charge in [0.15, 0.2) is 5.13 Å². The summed E-state index contributed by atoms with van der Waals surface area (Å²) in [5.74, 6) is 0.0915. The second-order valence-electron chi connectivity index (χ2n) is 5.49. The first kappa shape index (κ1) is 20.1. The van der Waals surface area contributed by atoms with Crippen LogP contribution in [0.3, 0.4) is 0 Å². The van der Waals surface area contributed by atoms with Gasteiger partial charge in [-0.05, 0) is 36.6 Å². The van der Waals surface area contributed by atoms with Crippen molar-refractivity contribution in [2.45, 2.75) is 4.90 Å². The minimum atomic E-state index is -0.502. The van der Waals surface area contributed by atoms with Crippen LogP contribution in [0.1, 0.15) is 10.4 Å². The Balaban J connectivity index is 1.80. The topological polar surface area (TPSA) is 94.4 Å². The number of nitro groups is 1. The second-order valence-corrected chi connectivity index (χ2v) is 7.60. The van der Waals surface area contributed by atoms with E-state index in [0.717, 1.165) is 5.56 Å². The number of thioether (sulfide) groups is 1. The molecule has 10 heteroatoms. The lowest BCUT2D eigenvalue weighted by Crippen LogP contribution is -2.12. The summed E-state index contributed by atoms with van der Waals surface area (Å²) in [6.45, 7) is 0. The lowest BCUT2D eigenvalue weighted by atomic mass is 10.2. The second kappa shape index (κ2) is 8.59. The smallest absolute Gasteiger partial charge is 0.283 e. The van der Waals surface area contributed by atoms with Gasteiger partial charge in [0.1, 0.15) is 5.75 Å². The zero-order chi connectivity index (χ0) is 20.3. The first-order valence-corrected chi connectivity index (χ1v) is 10.3. The highest BCUT2D eigenvalue weighted by molar-refractivity contribution is 7.98. The van der Waals surface area contributed by atoms with E-state index >= 15 is 0 Å². The number of nitrogens with one attached hydrogen (secondary N) is 1. The summed E-state index contributed by atoms with van der Waals surface area (Å²) in [6, 6.07) is 9.65. The van der Waals surface area contributed by atoms with Gasteiger partial charge in [0, 0.05) is 22.6 Å². The molecule has 7 nitrogen and oxygen atoms in total. The summed E-state index contributed by atoms with van der Waals surface area (Å²) >= 11 is 8.64. The summed E-state index contributed by atoms with van der Waals surface area (Å²) < 4.78 is 5.13. The van der Waals surface area contributed by atoms with E-state index < -0.39 is 10.8 Å². The number of carbonyl (C=O) groups excluding carboxylic acids is 1. The molecule has 1 amide bonds. The van der Waals surface area contributed by atoms with Gasteiger partial charge in [-0.1, -0.05) is 11.6 Å². The Kier molecular flexibility index (Phi) is 6.18. The molecule has 0 aliphatic carbocycles. The molecule has 1 N–H and O–H groups in total. The summed E-state index contributed by atoms with van der Waals surface area (Å²) in [6.07, 6.45) is 1.74. The molecule has 1 heterocycles. The monoisotopic (exact) mass is 435 g/mol. The predicted molar refractivity (Wildman–Crippen MR) is 112 cm³/mol. The fourth-order valence-electron chi connectivity index (χ4n) is 2.43. The average Bonchev–Trinajstić information content (AvgIpc) is 3.15. The Bertz CT molecular complexity index is 1060. The Morgan fingerprint density at radius 3 is 2.75 bits per heavy atom. The van der Waals surface area contributed by atoms with Crippen molar-refractivity contribution in [3.8, 4) is 17.0 Å². The number of rotatable bonds is 6. The Morgan fingerprint density at radius 1 is 1.32 bits per heavy atom. The van der Waals surface area contributed by atoms with Gasteiger partial charge in [-0.2, -0.15) is 0 Å². The van der Waals surface area contributed by atoms with Crippen LogP contribution in [0.15, 0.2) is 46.7 Å². The Labute approximate surface area is 173 Å². The number of methoxy groups -OCH3 is 1. The average molecular weight is 436 g/mol. The van der Waals surface area contributed by atoms with E-state index in [2.05, 4.69) is 10.3 Å². The highest BCUT2D eigenvalue weighted by Gasteiger charge is 2.18. The molecule has 2 aromatic carbocycles. The number of ether oxygens (including phenoxy) is 1. The Morgan fingerprint density at radius 2 is 2.11 bits per heavy atom. The van der Waals surface area contributed by atoms with E-state index in [0.29, 0.717) is 26.5 Å². The third kappa shape index (κ3) is 4.27. The molecular formula is C18H14ClN3O4S2. The standard InChI is InChI=1S/C18H14ClN3O4S2/c1-26-15-5-3-10(7-12(15)19)13-9-28-18(20-13)21-17(23)11-4-6-16(27-2)14(8-11)22(24)25/h3-9H,1-2H3,(H,20,21,23). The van der Waals surface area contributed by atoms with Gasteiger partial charge in [-0.15, -0.1) is 23.1 Å². The van der Waals surface area contributed by atoms with Gasteiger partial charge in [0.05, 0.1) is 27.6 Å². The largest absolute Gasteiger partial charge is 0.495 e. The van der Waals surface area contributed by atoms with Crippen molar-refractivity contribution in [2.24, 2.45) is 0 Å². The van der Waals surface area contributed by atoms with Crippen molar-refractivity contribution in [2.75, 3.05) is 18.7 Å². The number of nitrogens with zero attached hydrogens (tertiary/aromatic N) is 2. The third-order valence-corrected chi connectivity index (χ3v) is 5.65. The molecule has 0 spiro atoms. The molecule has 0 saturated carbocycles. The van der Waals surface area contributed by atoms with Crippen LogP contribution in [0.4, 0.5) is 10.8 Å².